The Hall–Kier alpha value is -3.13. The third-order valence-electron chi connectivity index (χ3n) is 5.25. The van der Waals surface area contributed by atoms with E-state index in [0.29, 0.717) is 33.9 Å². The number of nitrogens with one attached hydrogen (secondary N) is 2. The van der Waals surface area contributed by atoms with E-state index in [0.717, 1.165) is 25.7 Å². The van der Waals surface area contributed by atoms with Crippen molar-refractivity contribution in [2.24, 2.45) is 0 Å². The lowest BCUT2D eigenvalue weighted by molar-refractivity contribution is -0.113. The lowest BCUT2D eigenvalue weighted by atomic mass is 10.1. The van der Waals surface area contributed by atoms with Gasteiger partial charge in [-0.15, -0.1) is 0 Å². The highest BCUT2D eigenvalue weighted by atomic mass is 32.2. The largest absolute Gasteiger partial charge is 0.349 e. The molecular weight excluding hydrogens is 424 g/mol. The van der Waals surface area contributed by atoms with Gasteiger partial charge in [-0.05, 0) is 43.5 Å². The summed E-state index contributed by atoms with van der Waals surface area (Å²) in [6.07, 6.45) is 3.79. The lowest BCUT2D eigenvalue weighted by Crippen LogP contribution is -2.27. The van der Waals surface area contributed by atoms with E-state index >= 15 is 0 Å². The van der Waals surface area contributed by atoms with Crippen LogP contribution in [0, 0.1) is 0 Å². The van der Waals surface area contributed by atoms with E-state index in [2.05, 4.69) is 22.5 Å². The highest BCUT2D eigenvalue weighted by Gasteiger charge is 2.25. The number of unbranched alkanes of at least 4 members (excludes halogenated alkanes) is 1. The minimum Gasteiger partial charge on any atom is -0.349 e. The van der Waals surface area contributed by atoms with Gasteiger partial charge >= 0.3 is 0 Å². The maximum absolute atomic E-state index is 13.0. The van der Waals surface area contributed by atoms with Gasteiger partial charge in [0, 0.05) is 12.6 Å². The van der Waals surface area contributed by atoms with Gasteiger partial charge in [0.25, 0.3) is 11.5 Å². The molecule has 1 aliphatic rings. The van der Waals surface area contributed by atoms with Crippen LogP contribution in [0.3, 0.4) is 0 Å². The molecule has 0 bridgehead atoms. The summed E-state index contributed by atoms with van der Waals surface area (Å²) in [6.45, 7) is 2.62. The maximum Gasteiger partial charge on any atom is 0.262 e. The van der Waals surface area contributed by atoms with Crippen LogP contribution in [0.5, 0.6) is 0 Å². The molecule has 0 aliphatic heterocycles. The number of hydrogen-bond acceptors (Lipinski definition) is 5. The molecule has 1 aromatic heterocycles. The standard InChI is InChI=1S/C24H26N4O3S/c1-2-3-14-28-23(31)18-9-5-7-11-20(18)27-24(28)32-15-21(29)26-19-10-6-4-8-17(19)22(30)25-16-12-13-16/h4-11,16H,2-3,12-15H2,1H3,(H,25,30)(H,26,29). The fourth-order valence-electron chi connectivity index (χ4n) is 3.37. The van der Waals surface area contributed by atoms with Crippen molar-refractivity contribution in [1.82, 2.24) is 14.9 Å². The maximum atomic E-state index is 13.0. The van der Waals surface area contributed by atoms with Crippen LogP contribution in [0.25, 0.3) is 10.9 Å². The molecule has 0 saturated heterocycles. The van der Waals surface area contributed by atoms with Gasteiger partial charge in [-0.1, -0.05) is 49.4 Å². The monoisotopic (exact) mass is 450 g/mol. The van der Waals surface area contributed by atoms with Gasteiger partial charge in [0.2, 0.25) is 5.91 Å². The summed E-state index contributed by atoms with van der Waals surface area (Å²) in [7, 11) is 0. The number of fused-ring (bicyclic) bond motifs is 1. The molecule has 0 atom stereocenters. The zero-order valence-corrected chi connectivity index (χ0v) is 18.8. The first-order valence-corrected chi connectivity index (χ1v) is 11.9. The molecule has 4 rings (SSSR count). The summed E-state index contributed by atoms with van der Waals surface area (Å²) >= 11 is 1.23. The minimum absolute atomic E-state index is 0.0789. The summed E-state index contributed by atoms with van der Waals surface area (Å²) in [4.78, 5) is 42.8. The van der Waals surface area contributed by atoms with Crippen LogP contribution < -0.4 is 16.2 Å². The van der Waals surface area contributed by atoms with E-state index in [9.17, 15) is 14.4 Å². The highest BCUT2D eigenvalue weighted by Crippen LogP contribution is 2.23. The number of aromatic nitrogens is 2. The topological polar surface area (TPSA) is 93.1 Å². The summed E-state index contributed by atoms with van der Waals surface area (Å²) < 4.78 is 1.65. The van der Waals surface area contributed by atoms with Crippen LogP contribution >= 0.6 is 11.8 Å². The molecule has 0 spiro atoms. The van der Waals surface area contributed by atoms with Gasteiger partial charge in [0.05, 0.1) is 27.9 Å². The van der Waals surface area contributed by atoms with E-state index in [-0.39, 0.29) is 29.2 Å². The van der Waals surface area contributed by atoms with Crippen molar-refractivity contribution in [3.8, 4) is 0 Å². The highest BCUT2D eigenvalue weighted by molar-refractivity contribution is 7.99. The number of para-hydroxylation sites is 2. The zero-order chi connectivity index (χ0) is 22.5. The fraction of sp³-hybridized carbons (Fsp3) is 0.333. The van der Waals surface area contributed by atoms with E-state index in [4.69, 9.17) is 0 Å². The first-order chi connectivity index (χ1) is 15.6. The second kappa shape index (κ2) is 9.99. The molecule has 1 heterocycles. The number of hydrogen-bond donors (Lipinski definition) is 2. The molecule has 32 heavy (non-hydrogen) atoms. The molecular formula is C24H26N4O3S. The number of rotatable bonds is 9. The quantitative estimate of drug-likeness (QED) is 0.382. The Morgan fingerprint density at radius 2 is 1.88 bits per heavy atom. The van der Waals surface area contributed by atoms with Crippen molar-refractivity contribution in [3.05, 3.63) is 64.4 Å². The lowest BCUT2D eigenvalue weighted by Gasteiger charge is -2.13. The van der Waals surface area contributed by atoms with Gasteiger partial charge in [-0.2, -0.15) is 0 Å². The van der Waals surface area contributed by atoms with Gasteiger partial charge in [0.15, 0.2) is 5.16 Å². The average Bonchev–Trinajstić information content (AvgIpc) is 3.61. The number of anilines is 1. The molecule has 2 N–H and O–H groups in total. The number of carbonyl (C=O) groups is 2. The summed E-state index contributed by atoms with van der Waals surface area (Å²) in [6, 6.07) is 14.5. The molecule has 8 heteroatoms. The molecule has 1 fully saturated rings. The van der Waals surface area contributed by atoms with Crippen LogP contribution in [-0.4, -0.2) is 33.2 Å². The fourth-order valence-corrected chi connectivity index (χ4v) is 4.19. The van der Waals surface area contributed by atoms with Crippen LogP contribution in [0.2, 0.25) is 0 Å². The predicted octanol–water partition coefficient (Wildman–Crippen LogP) is 3.82. The van der Waals surface area contributed by atoms with E-state index in [1.807, 2.05) is 12.1 Å². The van der Waals surface area contributed by atoms with Crippen LogP contribution in [0.15, 0.2) is 58.5 Å². The molecule has 166 valence electrons. The van der Waals surface area contributed by atoms with Gasteiger partial charge < -0.3 is 10.6 Å². The van der Waals surface area contributed by atoms with Crippen molar-refractivity contribution in [2.45, 2.75) is 50.4 Å². The van der Waals surface area contributed by atoms with Crippen molar-refractivity contribution >= 4 is 40.2 Å². The van der Waals surface area contributed by atoms with Crippen molar-refractivity contribution in [1.29, 1.82) is 0 Å². The first kappa shape index (κ1) is 22.1. The number of thioether (sulfide) groups is 1. The Balaban J connectivity index is 1.49. The van der Waals surface area contributed by atoms with Crippen molar-refractivity contribution in [2.75, 3.05) is 11.1 Å². The van der Waals surface area contributed by atoms with Crippen LogP contribution in [-0.2, 0) is 11.3 Å². The van der Waals surface area contributed by atoms with Crippen molar-refractivity contribution < 1.29 is 9.59 Å². The summed E-state index contributed by atoms with van der Waals surface area (Å²) in [5.74, 6) is -0.359. The van der Waals surface area contributed by atoms with E-state index in [1.54, 1.807) is 41.0 Å². The number of carbonyl (C=O) groups excluding carboxylic acids is 2. The number of benzene rings is 2. The Morgan fingerprint density at radius 1 is 1.12 bits per heavy atom. The van der Waals surface area contributed by atoms with Crippen LogP contribution in [0.4, 0.5) is 5.69 Å². The molecule has 0 unspecified atom stereocenters. The Kier molecular flexibility index (Phi) is 6.90. The van der Waals surface area contributed by atoms with Gasteiger partial charge in [-0.3, -0.25) is 19.0 Å². The second-order valence-corrected chi connectivity index (χ2v) is 8.79. The molecule has 2 amide bonds. The minimum atomic E-state index is -0.258. The first-order valence-electron chi connectivity index (χ1n) is 10.9. The Labute approximate surface area is 190 Å². The van der Waals surface area contributed by atoms with E-state index in [1.165, 1.54) is 11.8 Å². The molecule has 1 saturated carbocycles. The second-order valence-electron chi connectivity index (χ2n) is 7.85. The third-order valence-corrected chi connectivity index (χ3v) is 6.23. The van der Waals surface area contributed by atoms with Gasteiger partial charge in [-0.25, -0.2) is 4.98 Å². The van der Waals surface area contributed by atoms with E-state index < -0.39 is 0 Å². The Bertz CT molecular complexity index is 1200. The smallest absolute Gasteiger partial charge is 0.262 e. The molecule has 2 aromatic carbocycles. The SMILES string of the molecule is CCCCn1c(SCC(=O)Nc2ccccc2C(=O)NC2CC2)nc2ccccc2c1=O. The van der Waals surface area contributed by atoms with Crippen LogP contribution in [0.1, 0.15) is 43.0 Å². The summed E-state index contributed by atoms with van der Waals surface area (Å²) in [5, 5.41) is 6.88. The normalized spacial score (nSPS) is 13.2. The van der Waals surface area contributed by atoms with Gasteiger partial charge in [0.1, 0.15) is 0 Å². The number of nitrogens with zero attached hydrogens (tertiary/aromatic N) is 2. The third kappa shape index (κ3) is 5.19. The molecule has 3 aromatic rings. The molecule has 7 nitrogen and oxygen atoms in total. The zero-order valence-electron chi connectivity index (χ0n) is 18.0. The number of amides is 2. The average molecular weight is 451 g/mol. The van der Waals surface area contributed by atoms with Crippen molar-refractivity contribution in [3.63, 3.8) is 0 Å². The molecule has 1 aliphatic carbocycles. The Morgan fingerprint density at radius 3 is 2.66 bits per heavy atom. The predicted molar refractivity (Wildman–Crippen MR) is 127 cm³/mol. The molecule has 0 radical (unpaired) electrons. The summed E-state index contributed by atoms with van der Waals surface area (Å²) in [5.41, 5.74) is 1.46.